The monoisotopic (exact) mass is 326 g/mol. The lowest BCUT2D eigenvalue weighted by atomic mass is 9.97. The third kappa shape index (κ3) is 5.07. The van der Waals surface area contributed by atoms with Gasteiger partial charge in [-0.1, -0.05) is 56.3 Å². The fourth-order valence-electron chi connectivity index (χ4n) is 2.64. The molecule has 0 amide bonds. The van der Waals surface area contributed by atoms with Crippen molar-refractivity contribution < 1.29 is 0 Å². The van der Waals surface area contributed by atoms with E-state index in [1.54, 1.807) is 0 Å². The molecule has 0 aliphatic carbocycles. The second-order valence-electron chi connectivity index (χ2n) is 6.44. The highest BCUT2D eigenvalue weighted by Gasteiger charge is 2.14. The second-order valence-corrected chi connectivity index (χ2v) is 6.85. The van der Waals surface area contributed by atoms with Crippen LogP contribution in [0.2, 0.25) is 0 Å². The SMILES string of the molecule is Cc1cccc(NC(=S)N[C@@H](CC(C)C)c2ccccc2)c1C. The van der Waals surface area contributed by atoms with E-state index in [4.69, 9.17) is 12.2 Å². The molecular weight excluding hydrogens is 300 g/mol. The van der Waals surface area contributed by atoms with E-state index in [2.05, 4.69) is 80.8 Å². The summed E-state index contributed by atoms with van der Waals surface area (Å²) in [7, 11) is 0. The molecule has 2 rings (SSSR count). The van der Waals surface area contributed by atoms with Gasteiger partial charge >= 0.3 is 0 Å². The Hall–Kier alpha value is -1.87. The van der Waals surface area contributed by atoms with E-state index in [0.29, 0.717) is 11.0 Å². The fraction of sp³-hybridized carbons (Fsp3) is 0.350. The molecule has 0 unspecified atom stereocenters. The van der Waals surface area contributed by atoms with Gasteiger partial charge in [-0.25, -0.2) is 0 Å². The van der Waals surface area contributed by atoms with Gasteiger partial charge in [-0.2, -0.15) is 0 Å². The Morgan fingerprint density at radius 1 is 1.00 bits per heavy atom. The molecule has 0 heterocycles. The summed E-state index contributed by atoms with van der Waals surface area (Å²) < 4.78 is 0. The summed E-state index contributed by atoms with van der Waals surface area (Å²) in [6, 6.07) is 17.0. The Kier molecular flexibility index (Phi) is 6.17. The second kappa shape index (κ2) is 8.11. The van der Waals surface area contributed by atoms with Crippen LogP contribution in [0.4, 0.5) is 5.69 Å². The van der Waals surface area contributed by atoms with Crippen LogP contribution in [0, 0.1) is 19.8 Å². The number of hydrogen-bond donors (Lipinski definition) is 2. The lowest BCUT2D eigenvalue weighted by molar-refractivity contribution is 0.481. The predicted octanol–water partition coefficient (Wildman–Crippen LogP) is 5.38. The lowest BCUT2D eigenvalue weighted by Gasteiger charge is -2.23. The zero-order valence-electron chi connectivity index (χ0n) is 14.4. The van der Waals surface area contributed by atoms with Gasteiger partial charge in [0.25, 0.3) is 0 Å². The molecule has 2 aromatic carbocycles. The molecule has 0 saturated carbocycles. The minimum atomic E-state index is 0.223. The summed E-state index contributed by atoms with van der Waals surface area (Å²) in [6.07, 6.45) is 1.04. The molecule has 23 heavy (non-hydrogen) atoms. The molecule has 0 radical (unpaired) electrons. The number of thiocarbonyl (C=S) groups is 1. The Morgan fingerprint density at radius 3 is 2.35 bits per heavy atom. The molecular formula is C20H26N2S. The van der Waals surface area contributed by atoms with E-state index < -0.39 is 0 Å². The van der Waals surface area contributed by atoms with Crippen LogP contribution in [-0.4, -0.2) is 5.11 Å². The first-order chi connectivity index (χ1) is 11.0. The summed E-state index contributed by atoms with van der Waals surface area (Å²) in [5, 5.41) is 7.50. The van der Waals surface area contributed by atoms with Crippen LogP contribution in [0.15, 0.2) is 48.5 Å². The van der Waals surface area contributed by atoms with Crippen LogP contribution >= 0.6 is 12.2 Å². The number of benzene rings is 2. The maximum Gasteiger partial charge on any atom is 0.171 e. The largest absolute Gasteiger partial charge is 0.356 e. The van der Waals surface area contributed by atoms with Crippen LogP contribution < -0.4 is 10.6 Å². The Balaban J connectivity index is 2.10. The highest BCUT2D eigenvalue weighted by Crippen LogP contribution is 2.22. The molecule has 0 fully saturated rings. The Morgan fingerprint density at radius 2 is 1.70 bits per heavy atom. The first kappa shape index (κ1) is 17.5. The summed E-state index contributed by atoms with van der Waals surface area (Å²) in [5.41, 5.74) is 4.83. The minimum absolute atomic E-state index is 0.223. The quantitative estimate of drug-likeness (QED) is 0.722. The highest BCUT2D eigenvalue weighted by molar-refractivity contribution is 7.80. The minimum Gasteiger partial charge on any atom is -0.356 e. The van der Waals surface area contributed by atoms with Gasteiger partial charge in [0.1, 0.15) is 0 Å². The zero-order chi connectivity index (χ0) is 16.8. The number of anilines is 1. The average Bonchev–Trinajstić information content (AvgIpc) is 2.51. The summed E-state index contributed by atoms with van der Waals surface area (Å²) in [5.74, 6) is 0.594. The van der Waals surface area contributed by atoms with Crippen LogP contribution in [-0.2, 0) is 0 Å². The fourth-order valence-corrected chi connectivity index (χ4v) is 2.89. The molecule has 3 heteroatoms. The molecule has 0 saturated heterocycles. The molecule has 0 aliphatic heterocycles. The van der Waals surface area contributed by atoms with E-state index in [0.717, 1.165) is 12.1 Å². The molecule has 122 valence electrons. The molecule has 0 aromatic heterocycles. The number of aryl methyl sites for hydroxylation is 1. The van der Waals surface area contributed by atoms with Gasteiger partial charge < -0.3 is 10.6 Å². The van der Waals surface area contributed by atoms with Crippen LogP contribution in [0.3, 0.4) is 0 Å². The van der Waals surface area contributed by atoms with Crippen molar-refractivity contribution in [3.63, 3.8) is 0 Å². The van der Waals surface area contributed by atoms with Gasteiger partial charge in [0.05, 0.1) is 6.04 Å². The summed E-state index contributed by atoms with van der Waals surface area (Å²) >= 11 is 5.55. The first-order valence-corrected chi connectivity index (χ1v) is 8.57. The van der Waals surface area contributed by atoms with E-state index in [9.17, 15) is 0 Å². The van der Waals surface area contributed by atoms with Crippen molar-refractivity contribution in [1.29, 1.82) is 0 Å². The van der Waals surface area contributed by atoms with Gasteiger partial charge in [-0.3, -0.25) is 0 Å². The highest BCUT2D eigenvalue weighted by atomic mass is 32.1. The molecule has 0 aliphatic rings. The third-order valence-corrected chi connectivity index (χ3v) is 4.29. The Labute approximate surface area is 145 Å². The first-order valence-electron chi connectivity index (χ1n) is 8.16. The van der Waals surface area contributed by atoms with Crippen LogP contribution in [0.25, 0.3) is 0 Å². The third-order valence-electron chi connectivity index (χ3n) is 4.07. The topological polar surface area (TPSA) is 24.1 Å². The van der Waals surface area contributed by atoms with Crippen LogP contribution in [0.1, 0.15) is 43.0 Å². The average molecular weight is 327 g/mol. The maximum atomic E-state index is 5.55. The van der Waals surface area contributed by atoms with Crippen molar-refractivity contribution >= 4 is 23.0 Å². The molecule has 1 atom stereocenters. The van der Waals surface area contributed by atoms with E-state index in [1.807, 2.05) is 6.07 Å². The zero-order valence-corrected chi connectivity index (χ0v) is 15.2. The molecule has 2 N–H and O–H groups in total. The van der Waals surface area contributed by atoms with E-state index >= 15 is 0 Å². The van der Waals surface area contributed by atoms with Crippen LogP contribution in [0.5, 0.6) is 0 Å². The lowest BCUT2D eigenvalue weighted by Crippen LogP contribution is -2.33. The van der Waals surface area contributed by atoms with Crippen molar-refractivity contribution in [2.45, 2.75) is 40.2 Å². The molecule has 2 nitrogen and oxygen atoms in total. The van der Waals surface area contributed by atoms with Gasteiger partial charge in [0.2, 0.25) is 0 Å². The van der Waals surface area contributed by atoms with E-state index in [1.165, 1.54) is 16.7 Å². The Bertz CT molecular complexity index is 650. The van der Waals surface area contributed by atoms with Crippen molar-refractivity contribution in [2.75, 3.05) is 5.32 Å². The smallest absolute Gasteiger partial charge is 0.171 e. The maximum absolute atomic E-state index is 5.55. The standard InChI is InChI=1S/C20H26N2S/c1-14(2)13-19(17-10-6-5-7-11-17)22-20(23)21-18-12-8-9-15(3)16(18)4/h5-12,14,19H,13H2,1-4H3,(H2,21,22,23)/t19-/m0/s1. The molecule has 0 spiro atoms. The van der Waals surface area contributed by atoms with Crippen molar-refractivity contribution in [1.82, 2.24) is 5.32 Å². The van der Waals surface area contributed by atoms with E-state index in [-0.39, 0.29) is 6.04 Å². The van der Waals surface area contributed by atoms with Gasteiger partial charge in [0, 0.05) is 5.69 Å². The predicted molar refractivity (Wildman–Crippen MR) is 104 cm³/mol. The summed E-state index contributed by atoms with van der Waals surface area (Å²) in [4.78, 5) is 0. The number of nitrogens with one attached hydrogen (secondary N) is 2. The normalized spacial score (nSPS) is 12.0. The van der Waals surface area contributed by atoms with Crippen molar-refractivity contribution in [3.8, 4) is 0 Å². The number of rotatable bonds is 5. The van der Waals surface area contributed by atoms with Gasteiger partial charge in [-0.05, 0) is 61.2 Å². The van der Waals surface area contributed by atoms with Crippen molar-refractivity contribution in [3.05, 3.63) is 65.2 Å². The summed E-state index contributed by atoms with van der Waals surface area (Å²) in [6.45, 7) is 8.70. The van der Waals surface area contributed by atoms with Crippen molar-refractivity contribution in [2.24, 2.45) is 5.92 Å². The van der Waals surface area contributed by atoms with Gasteiger partial charge in [0.15, 0.2) is 5.11 Å². The molecule has 2 aromatic rings. The number of hydrogen-bond acceptors (Lipinski definition) is 1. The van der Waals surface area contributed by atoms with Gasteiger partial charge in [-0.15, -0.1) is 0 Å². The molecule has 0 bridgehead atoms.